The van der Waals surface area contributed by atoms with Crippen molar-refractivity contribution < 1.29 is 37.3 Å². The predicted octanol–water partition coefficient (Wildman–Crippen LogP) is 5.56. The summed E-state index contributed by atoms with van der Waals surface area (Å²) < 4.78 is 56.6. The highest BCUT2D eigenvalue weighted by Crippen LogP contribution is 2.38. The van der Waals surface area contributed by atoms with Crippen LogP contribution in [0, 0.1) is 11.8 Å². The number of nitrogens with zero attached hydrogens (tertiary/aromatic N) is 3. The van der Waals surface area contributed by atoms with Gasteiger partial charge in [0.25, 0.3) is 0 Å². The molecule has 4 heterocycles. The van der Waals surface area contributed by atoms with Crippen molar-refractivity contribution in [3.05, 3.63) is 65.5 Å². The molecular formula is C30H34F3N3O5. The molecule has 0 spiro atoms. The molecule has 1 atom stereocenters. The molecule has 0 bridgehead atoms. The van der Waals surface area contributed by atoms with Gasteiger partial charge < -0.3 is 29.1 Å². The number of anilines is 1. The normalized spacial score (nSPS) is 19.8. The minimum absolute atomic E-state index is 0.0724. The molecule has 0 radical (unpaired) electrons. The first kappa shape index (κ1) is 28.6. The Hall–Kier alpha value is -3.89. The molecule has 1 unspecified atom stereocenters. The van der Waals surface area contributed by atoms with E-state index in [1.54, 1.807) is 13.2 Å². The van der Waals surface area contributed by atoms with Gasteiger partial charge in [0, 0.05) is 66.8 Å². The summed E-state index contributed by atoms with van der Waals surface area (Å²) in [6, 6.07) is 8.03. The number of aliphatic carboxylic acids is 1. The number of benzene rings is 1. The molecule has 3 aliphatic heterocycles. The van der Waals surface area contributed by atoms with Crippen molar-refractivity contribution in [2.45, 2.75) is 31.9 Å². The Balaban J connectivity index is 1.24. The fraction of sp³-hybridized carbons (Fsp3) is 0.467. The Morgan fingerprint density at radius 3 is 2.61 bits per heavy atom. The summed E-state index contributed by atoms with van der Waals surface area (Å²) in [4.78, 5) is 19.2. The standard InChI is InChI=1S/C30H34F3N3O5/c1-35-17-26-24(20(9-12-40-26)13-29(37)38)15-28(35)41-18-19-7-10-36(11-8-19)25-14-22(39-2)4-5-23(25)21-3-6-27(34-16-21)30(31,32)33/h3-6,14-16,19-20H,7-13,17-18H2,1-2H3,(H,37,38). The number of methoxy groups -OCH3 is 1. The summed E-state index contributed by atoms with van der Waals surface area (Å²) in [5, 5.41) is 9.32. The summed E-state index contributed by atoms with van der Waals surface area (Å²) in [6.07, 6.45) is 1.20. The van der Waals surface area contributed by atoms with Crippen molar-refractivity contribution in [3.8, 4) is 16.9 Å². The van der Waals surface area contributed by atoms with Crippen LogP contribution in [0.15, 0.2) is 59.8 Å². The SMILES string of the molecule is COc1ccc(-c2ccc(C(F)(F)F)nc2)c(N2CCC(COC3=CC4=C(CN3C)OCCC4CC(=O)O)CC2)c1. The first-order valence-corrected chi connectivity index (χ1v) is 13.7. The number of carbonyl (C=O) groups is 1. The van der Waals surface area contributed by atoms with E-state index in [4.69, 9.17) is 14.2 Å². The second-order valence-corrected chi connectivity index (χ2v) is 10.7. The number of ether oxygens (including phenoxy) is 3. The molecule has 3 aliphatic rings. The molecule has 5 rings (SSSR count). The number of hydrogen-bond donors (Lipinski definition) is 1. The third-order valence-electron chi connectivity index (χ3n) is 7.95. The van der Waals surface area contributed by atoms with Gasteiger partial charge in [-0.1, -0.05) is 6.07 Å². The second-order valence-electron chi connectivity index (χ2n) is 10.7. The van der Waals surface area contributed by atoms with E-state index >= 15 is 0 Å². The fourth-order valence-corrected chi connectivity index (χ4v) is 5.65. The smallest absolute Gasteiger partial charge is 0.433 e. The van der Waals surface area contributed by atoms with E-state index in [1.165, 1.54) is 12.3 Å². The molecule has 8 nitrogen and oxygen atoms in total. The topological polar surface area (TPSA) is 84.4 Å². The zero-order valence-corrected chi connectivity index (χ0v) is 23.1. The lowest BCUT2D eigenvalue weighted by atomic mass is 9.88. The lowest BCUT2D eigenvalue weighted by Crippen LogP contribution is -2.36. The Bertz CT molecular complexity index is 1320. The molecule has 1 aromatic heterocycles. The van der Waals surface area contributed by atoms with Gasteiger partial charge in [-0.3, -0.25) is 9.78 Å². The second kappa shape index (κ2) is 11.9. The van der Waals surface area contributed by atoms with Crippen LogP contribution in [0.4, 0.5) is 18.9 Å². The molecule has 220 valence electrons. The largest absolute Gasteiger partial charge is 0.497 e. The van der Waals surface area contributed by atoms with Crippen LogP contribution in [-0.2, 0) is 20.4 Å². The monoisotopic (exact) mass is 573 g/mol. The van der Waals surface area contributed by atoms with Gasteiger partial charge in [0.2, 0.25) is 0 Å². The minimum Gasteiger partial charge on any atom is -0.497 e. The van der Waals surface area contributed by atoms with Crippen LogP contribution in [0.3, 0.4) is 0 Å². The number of pyridine rings is 1. The number of allylic oxidation sites excluding steroid dienone is 2. The van der Waals surface area contributed by atoms with Crippen LogP contribution >= 0.6 is 0 Å². The molecule has 2 aromatic rings. The Morgan fingerprint density at radius 2 is 1.95 bits per heavy atom. The number of carboxylic acid groups (broad SMARTS) is 1. The third-order valence-corrected chi connectivity index (χ3v) is 7.95. The molecule has 0 amide bonds. The summed E-state index contributed by atoms with van der Waals surface area (Å²) in [5.41, 5.74) is 2.29. The van der Waals surface area contributed by atoms with E-state index in [1.807, 2.05) is 30.2 Å². The highest BCUT2D eigenvalue weighted by atomic mass is 19.4. The van der Waals surface area contributed by atoms with Crippen molar-refractivity contribution in [1.29, 1.82) is 0 Å². The van der Waals surface area contributed by atoms with Crippen LogP contribution in [0.2, 0.25) is 0 Å². The van der Waals surface area contributed by atoms with E-state index in [2.05, 4.69) is 9.88 Å². The number of likely N-dealkylation sites (N-methyl/N-ethyl adjacent to an activating group) is 1. The molecule has 1 fully saturated rings. The number of alkyl halides is 3. The van der Waals surface area contributed by atoms with Gasteiger partial charge in [-0.25, -0.2) is 0 Å². The van der Waals surface area contributed by atoms with Crippen LogP contribution in [0.5, 0.6) is 5.75 Å². The van der Waals surface area contributed by atoms with Crippen LogP contribution in [0.1, 0.15) is 31.4 Å². The maximum Gasteiger partial charge on any atom is 0.433 e. The van der Waals surface area contributed by atoms with E-state index in [0.717, 1.165) is 60.5 Å². The van der Waals surface area contributed by atoms with Gasteiger partial charge in [-0.2, -0.15) is 13.2 Å². The maximum absolute atomic E-state index is 13.0. The number of aromatic nitrogens is 1. The number of piperidine rings is 1. The maximum atomic E-state index is 13.0. The summed E-state index contributed by atoms with van der Waals surface area (Å²) in [7, 11) is 3.52. The third kappa shape index (κ3) is 6.55. The number of rotatable bonds is 8. The Labute approximate surface area is 237 Å². The van der Waals surface area contributed by atoms with Gasteiger partial charge in [0.15, 0.2) is 5.88 Å². The molecule has 1 aromatic carbocycles. The van der Waals surface area contributed by atoms with Crippen molar-refractivity contribution >= 4 is 11.7 Å². The van der Waals surface area contributed by atoms with E-state index in [9.17, 15) is 23.1 Å². The average Bonchev–Trinajstić information content (AvgIpc) is 2.95. The van der Waals surface area contributed by atoms with E-state index in [0.29, 0.717) is 43.4 Å². The van der Waals surface area contributed by atoms with Gasteiger partial charge in [0.05, 0.1) is 33.3 Å². The number of hydrogen-bond acceptors (Lipinski definition) is 7. The van der Waals surface area contributed by atoms with E-state index in [-0.39, 0.29) is 12.3 Å². The summed E-state index contributed by atoms with van der Waals surface area (Å²) in [6.45, 7) is 3.11. The zero-order valence-electron chi connectivity index (χ0n) is 23.1. The first-order valence-electron chi connectivity index (χ1n) is 13.7. The lowest BCUT2D eigenvalue weighted by molar-refractivity contribution is -0.141. The molecule has 11 heteroatoms. The van der Waals surface area contributed by atoms with Gasteiger partial charge in [-0.05, 0) is 43.4 Å². The van der Waals surface area contributed by atoms with Crippen molar-refractivity contribution in [2.75, 3.05) is 51.9 Å². The Kier molecular flexibility index (Phi) is 8.32. The minimum atomic E-state index is -4.49. The molecule has 1 N–H and O–H groups in total. The molecular weight excluding hydrogens is 539 g/mol. The highest BCUT2D eigenvalue weighted by molar-refractivity contribution is 5.79. The summed E-state index contributed by atoms with van der Waals surface area (Å²) in [5.74, 6) is 1.63. The molecule has 0 saturated carbocycles. The summed E-state index contributed by atoms with van der Waals surface area (Å²) >= 11 is 0. The number of halogens is 3. The van der Waals surface area contributed by atoms with Crippen LogP contribution in [0.25, 0.3) is 11.1 Å². The zero-order chi connectivity index (χ0) is 29.1. The first-order chi connectivity index (χ1) is 19.6. The van der Waals surface area contributed by atoms with Gasteiger partial charge in [-0.15, -0.1) is 0 Å². The molecule has 0 aliphatic carbocycles. The fourth-order valence-electron chi connectivity index (χ4n) is 5.65. The number of carboxylic acids is 1. The molecule has 1 saturated heterocycles. The van der Waals surface area contributed by atoms with Crippen molar-refractivity contribution in [2.24, 2.45) is 11.8 Å². The van der Waals surface area contributed by atoms with Gasteiger partial charge >= 0.3 is 12.1 Å². The highest BCUT2D eigenvalue weighted by Gasteiger charge is 2.33. The lowest BCUT2D eigenvalue weighted by Gasteiger charge is -2.37. The van der Waals surface area contributed by atoms with Gasteiger partial charge in [0.1, 0.15) is 17.2 Å². The van der Waals surface area contributed by atoms with E-state index < -0.39 is 17.8 Å². The van der Waals surface area contributed by atoms with Crippen LogP contribution < -0.4 is 9.64 Å². The van der Waals surface area contributed by atoms with Crippen LogP contribution in [-0.4, -0.2) is 68.0 Å². The average molecular weight is 574 g/mol. The quantitative estimate of drug-likeness (QED) is 0.440. The van der Waals surface area contributed by atoms with Crippen molar-refractivity contribution in [1.82, 2.24) is 9.88 Å². The molecule has 41 heavy (non-hydrogen) atoms. The Morgan fingerprint density at radius 1 is 1.17 bits per heavy atom. The predicted molar refractivity (Wildman–Crippen MR) is 146 cm³/mol. The van der Waals surface area contributed by atoms with Crippen molar-refractivity contribution in [3.63, 3.8) is 0 Å².